The molecule has 0 spiro atoms. The summed E-state index contributed by atoms with van der Waals surface area (Å²) in [6.07, 6.45) is 3.40. The minimum Gasteiger partial charge on any atom is -0.350 e. The maximum Gasteiger partial charge on any atom is 0.240 e. The van der Waals surface area contributed by atoms with Crippen LogP contribution in [-0.4, -0.2) is 38.9 Å². The highest BCUT2D eigenvalue weighted by Crippen LogP contribution is 2.48. The molecule has 0 unspecified atom stereocenters. The molecule has 38 heavy (non-hydrogen) atoms. The lowest BCUT2D eigenvalue weighted by Crippen LogP contribution is -2.42. The summed E-state index contributed by atoms with van der Waals surface area (Å²) in [6.45, 7) is 6.55. The Hall–Kier alpha value is -3.14. The molecule has 1 aromatic carbocycles. The number of hydrogen-bond acceptors (Lipinski definition) is 6. The number of halogens is 1. The van der Waals surface area contributed by atoms with Crippen molar-refractivity contribution < 1.29 is 9.59 Å². The van der Waals surface area contributed by atoms with Crippen LogP contribution in [0.5, 0.6) is 0 Å². The number of benzene rings is 1. The number of carbonyl (C=O) groups excluding carboxylic acids is 2. The lowest BCUT2D eigenvalue weighted by atomic mass is 9.87. The summed E-state index contributed by atoms with van der Waals surface area (Å²) < 4.78 is 1.78. The van der Waals surface area contributed by atoms with Gasteiger partial charge in [-0.05, 0) is 52.2 Å². The third kappa shape index (κ3) is 5.50. The Balaban J connectivity index is 1.63. The van der Waals surface area contributed by atoms with E-state index in [-0.39, 0.29) is 34.8 Å². The maximum atomic E-state index is 13.7. The SMILES string of the molecule is CC(C)(C)c1nn(-c2cccc(Cl)c2)c2c1[C@@H](c1ccsc1)SCC(=O)N2CC(=O)NCc1cccnc1. The molecular formula is C28H28ClN5O2S2. The Labute approximate surface area is 235 Å². The van der Waals surface area contributed by atoms with Gasteiger partial charge in [0.05, 0.1) is 22.4 Å². The van der Waals surface area contributed by atoms with Crippen molar-refractivity contribution in [3.8, 4) is 5.69 Å². The number of amides is 2. The number of carbonyl (C=O) groups is 2. The molecule has 3 aromatic heterocycles. The van der Waals surface area contributed by atoms with E-state index >= 15 is 0 Å². The van der Waals surface area contributed by atoms with Crippen molar-refractivity contribution in [2.24, 2.45) is 0 Å². The topological polar surface area (TPSA) is 80.1 Å². The summed E-state index contributed by atoms with van der Waals surface area (Å²) in [5.41, 5.74) is 4.25. The number of pyridine rings is 1. The molecule has 0 saturated heterocycles. The number of nitrogens with zero attached hydrogens (tertiary/aromatic N) is 4. The van der Waals surface area contributed by atoms with Crippen molar-refractivity contribution in [2.45, 2.75) is 38.0 Å². The molecule has 1 N–H and O–H groups in total. The van der Waals surface area contributed by atoms with E-state index in [1.54, 1.807) is 51.1 Å². The first-order valence-corrected chi connectivity index (χ1v) is 14.6. The van der Waals surface area contributed by atoms with Gasteiger partial charge in [-0.2, -0.15) is 16.4 Å². The standard InChI is InChI=1S/C28H28ClN5O2S2/c1-28(2,3)26-24-25(19-9-11-37-16-19)38-17-23(36)33(15-22(35)31-14-18-6-5-10-30-13-18)27(24)34(32-26)21-8-4-7-20(29)12-21/h4-13,16,25H,14-15,17H2,1-3H3,(H,31,35)/t25-/m1/s1. The van der Waals surface area contributed by atoms with Crippen molar-refractivity contribution >= 4 is 52.3 Å². The van der Waals surface area contributed by atoms with Crippen LogP contribution in [0.25, 0.3) is 5.69 Å². The van der Waals surface area contributed by atoms with Crippen LogP contribution in [0.2, 0.25) is 5.02 Å². The van der Waals surface area contributed by atoms with Gasteiger partial charge in [-0.25, -0.2) is 4.68 Å². The molecule has 0 aliphatic carbocycles. The van der Waals surface area contributed by atoms with Crippen molar-refractivity contribution in [2.75, 3.05) is 17.2 Å². The second kappa shape index (κ2) is 10.9. The van der Waals surface area contributed by atoms with Gasteiger partial charge < -0.3 is 5.32 Å². The molecule has 10 heteroatoms. The van der Waals surface area contributed by atoms with Gasteiger partial charge in [0.2, 0.25) is 11.8 Å². The van der Waals surface area contributed by atoms with Crippen molar-refractivity contribution in [1.82, 2.24) is 20.1 Å². The van der Waals surface area contributed by atoms with Gasteiger partial charge in [-0.15, -0.1) is 11.8 Å². The third-order valence-electron chi connectivity index (χ3n) is 6.21. The molecule has 2 amide bonds. The number of hydrogen-bond donors (Lipinski definition) is 1. The summed E-state index contributed by atoms with van der Waals surface area (Å²) in [6, 6.07) is 13.2. The van der Waals surface area contributed by atoms with E-state index in [2.05, 4.69) is 42.5 Å². The highest BCUT2D eigenvalue weighted by Gasteiger charge is 2.40. The average Bonchev–Trinajstić information content (AvgIpc) is 3.53. The number of fused-ring (bicyclic) bond motifs is 1. The zero-order valence-electron chi connectivity index (χ0n) is 21.3. The van der Waals surface area contributed by atoms with E-state index in [1.807, 2.05) is 35.7 Å². The van der Waals surface area contributed by atoms with Crippen LogP contribution in [0, 0.1) is 0 Å². The minimum atomic E-state index is -0.315. The predicted molar refractivity (Wildman–Crippen MR) is 154 cm³/mol. The van der Waals surface area contributed by atoms with E-state index in [9.17, 15) is 9.59 Å². The molecule has 0 bridgehead atoms. The van der Waals surface area contributed by atoms with Crippen LogP contribution in [0.4, 0.5) is 5.82 Å². The van der Waals surface area contributed by atoms with Crippen LogP contribution in [0.1, 0.15) is 48.4 Å². The first-order valence-electron chi connectivity index (χ1n) is 12.2. The van der Waals surface area contributed by atoms with Crippen LogP contribution in [-0.2, 0) is 21.5 Å². The number of thiophene rings is 1. The summed E-state index contributed by atoms with van der Waals surface area (Å²) >= 11 is 9.57. The number of rotatable bonds is 6. The smallest absolute Gasteiger partial charge is 0.240 e. The fourth-order valence-corrected chi connectivity index (χ4v) is 6.60. The number of thioether (sulfide) groups is 1. The zero-order chi connectivity index (χ0) is 26.9. The largest absolute Gasteiger partial charge is 0.350 e. The fraction of sp³-hybridized carbons (Fsp3) is 0.286. The second-order valence-corrected chi connectivity index (χ2v) is 12.4. The van der Waals surface area contributed by atoms with Crippen molar-refractivity contribution in [1.29, 1.82) is 0 Å². The van der Waals surface area contributed by atoms with Crippen LogP contribution in [0.3, 0.4) is 0 Å². The molecule has 1 aliphatic heterocycles. The lowest BCUT2D eigenvalue weighted by Gasteiger charge is -2.24. The van der Waals surface area contributed by atoms with E-state index in [1.165, 1.54) is 0 Å². The second-order valence-electron chi connectivity index (χ2n) is 10.1. The molecule has 196 valence electrons. The third-order valence-corrected chi connectivity index (χ3v) is 8.40. The summed E-state index contributed by atoms with van der Waals surface area (Å²) in [7, 11) is 0. The lowest BCUT2D eigenvalue weighted by molar-refractivity contribution is -0.123. The molecular weight excluding hydrogens is 538 g/mol. The summed E-state index contributed by atoms with van der Waals surface area (Å²) in [5, 5.41) is 12.6. The van der Waals surface area contributed by atoms with Gasteiger partial charge in [0.25, 0.3) is 0 Å². The van der Waals surface area contributed by atoms with Gasteiger partial charge in [-0.3, -0.25) is 19.5 Å². The van der Waals surface area contributed by atoms with E-state index in [0.717, 1.165) is 28.1 Å². The molecule has 5 rings (SSSR count). The number of anilines is 1. The van der Waals surface area contributed by atoms with Crippen molar-refractivity contribution in [3.63, 3.8) is 0 Å². The molecule has 7 nitrogen and oxygen atoms in total. The molecule has 0 saturated carbocycles. The molecule has 0 fully saturated rings. The van der Waals surface area contributed by atoms with Gasteiger partial charge in [0.15, 0.2) is 0 Å². The number of nitrogens with one attached hydrogen (secondary N) is 1. The predicted octanol–water partition coefficient (Wildman–Crippen LogP) is 5.77. The number of aromatic nitrogens is 3. The Bertz CT molecular complexity index is 1450. The summed E-state index contributed by atoms with van der Waals surface area (Å²) in [4.78, 5) is 32.5. The van der Waals surface area contributed by atoms with Crippen LogP contribution >= 0.6 is 34.7 Å². The van der Waals surface area contributed by atoms with E-state index in [0.29, 0.717) is 17.4 Å². The zero-order valence-corrected chi connectivity index (χ0v) is 23.7. The Morgan fingerprint density at radius 1 is 1.21 bits per heavy atom. The molecule has 1 atom stereocenters. The van der Waals surface area contributed by atoms with E-state index < -0.39 is 0 Å². The Morgan fingerprint density at radius 3 is 2.74 bits per heavy atom. The van der Waals surface area contributed by atoms with Crippen molar-refractivity contribution in [3.05, 3.63) is 93.0 Å². The molecule has 1 aliphatic rings. The normalized spacial score (nSPS) is 15.7. The monoisotopic (exact) mass is 565 g/mol. The minimum absolute atomic E-state index is 0.106. The van der Waals surface area contributed by atoms with Gasteiger partial charge in [0, 0.05) is 34.9 Å². The van der Waals surface area contributed by atoms with Crippen LogP contribution < -0.4 is 10.2 Å². The van der Waals surface area contributed by atoms with Crippen LogP contribution in [0.15, 0.2) is 65.6 Å². The highest BCUT2D eigenvalue weighted by molar-refractivity contribution is 8.00. The maximum absolute atomic E-state index is 13.7. The molecule has 4 aromatic rings. The van der Waals surface area contributed by atoms with E-state index in [4.69, 9.17) is 16.7 Å². The molecule has 4 heterocycles. The summed E-state index contributed by atoms with van der Waals surface area (Å²) in [5.74, 6) is 0.446. The Kier molecular flexibility index (Phi) is 7.61. The Morgan fingerprint density at radius 2 is 2.05 bits per heavy atom. The van der Waals surface area contributed by atoms with Gasteiger partial charge in [0.1, 0.15) is 12.4 Å². The fourth-order valence-electron chi connectivity index (χ4n) is 4.45. The van der Waals surface area contributed by atoms with Gasteiger partial charge >= 0.3 is 0 Å². The first-order chi connectivity index (χ1) is 18.2. The van der Waals surface area contributed by atoms with Gasteiger partial charge in [-0.1, -0.05) is 44.5 Å². The highest BCUT2D eigenvalue weighted by atomic mass is 35.5. The first kappa shape index (κ1) is 26.5. The average molecular weight is 566 g/mol. The molecule has 0 radical (unpaired) electrons. The quantitative estimate of drug-likeness (QED) is 0.321.